The van der Waals surface area contributed by atoms with Gasteiger partial charge in [-0.15, -0.1) is 0 Å². The Balaban J connectivity index is 1.21. The Morgan fingerprint density at radius 1 is 1.15 bits per heavy atom. The number of fused-ring (bicyclic) bond motifs is 1. The first-order chi connectivity index (χ1) is 16.3. The standard InChI is InChI=1S/C24H24F2N6O2/c1-14-29-21(27)20-22(30-14)32(23(33)31-20)13-17-6-9-19(28-12-17)34-18-7-4-15(5-8-18)2-3-16-10-24(25,26)11-16/h4-9,12,16H,2-3,10-11,13H2,1H3,(H,31,33)(H2,27,29,30). The summed E-state index contributed by atoms with van der Waals surface area (Å²) in [6, 6.07) is 11.1. The number of rotatable bonds is 7. The van der Waals surface area contributed by atoms with Crippen molar-refractivity contribution in [2.45, 2.75) is 45.1 Å². The molecule has 0 aliphatic heterocycles. The average Bonchev–Trinajstić information content (AvgIpc) is 3.08. The van der Waals surface area contributed by atoms with Gasteiger partial charge < -0.3 is 15.5 Å². The predicted molar refractivity (Wildman–Crippen MR) is 123 cm³/mol. The van der Waals surface area contributed by atoms with Gasteiger partial charge >= 0.3 is 5.69 Å². The van der Waals surface area contributed by atoms with Crippen LogP contribution in [0, 0.1) is 12.8 Å². The molecule has 0 spiro atoms. The predicted octanol–water partition coefficient (Wildman–Crippen LogP) is 4.22. The summed E-state index contributed by atoms with van der Waals surface area (Å²) in [7, 11) is 0. The Labute approximate surface area is 193 Å². The van der Waals surface area contributed by atoms with Gasteiger partial charge in [0.15, 0.2) is 11.5 Å². The maximum atomic E-state index is 13.0. The van der Waals surface area contributed by atoms with E-state index < -0.39 is 5.92 Å². The number of aryl methyl sites for hydroxylation is 2. The SMILES string of the molecule is Cc1nc(N)c2[nH]c(=O)n(Cc3ccc(Oc4ccc(CCC5CC(F)(F)C5)cc4)nc3)c2n1. The van der Waals surface area contributed by atoms with Gasteiger partial charge in [-0.05, 0) is 48.9 Å². The molecule has 1 aliphatic carbocycles. The highest BCUT2D eigenvalue weighted by Crippen LogP contribution is 2.44. The van der Waals surface area contributed by atoms with Crippen molar-refractivity contribution in [1.29, 1.82) is 0 Å². The number of imidazole rings is 1. The van der Waals surface area contributed by atoms with Crippen molar-refractivity contribution >= 4 is 17.0 Å². The van der Waals surface area contributed by atoms with Crippen LogP contribution in [0.15, 0.2) is 47.4 Å². The number of nitrogen functional groups attached to an aromatic ring is 1. The molecule has 3 N–H and O–H groups in total. The highest BCUT2D eigenvalue weighted by Gasteiger charge is 2.44. The monoisotopic (exact) mass is 466 g/mol. The molecule has 0 amide bonds. The number of nitrogens with zero attached hydrogens (tertiary/aromatic N) is 4. The average molecular weight is 466 g/mol. The number of aromatic nitrogens is 5. The molecule has 3 heterocycles. The molecule has 1 fully saturated rings. The topological polar surface area (TPSA) is 112 Å². The Bertz CT molecular complexity index is 1370. The summed E-state index contributed by atoms with van der Waals surface area (Å²) < 4.78 is 33.2. The summed E-state index contributed by atoms with van der Waals surface area (Å²) >= 11 is 0. The fourth-order valence-corrected chi connectivity index (χ4v) is 4.26. The smallest absolute Gasteiger partial charge is 0.328 e. The molecule has 1 aromatic carbocycles. The number of halogens is 2. The van der Waals surface area contributed by atoms with Crippen LogP contribution < -0.4 is 16.2 Å². The first-order valence-corrected chi connectivity index (χ1v) is 11.1. The molecule has 0 bridgehead atoms. The van der Waals surface area contributed by atoms with E-state index in [4.69, 9.17) is 10.5 Å². The molecule has 34 heavy (non-hydrogen) atoms. The molecule has 4 aromatic rings. The maximum absolute atomic E-state index is 13.0. The first-order valence-electron chi connectivity index (χ1n) is 11.1. The Morgan fingerprint density at radius 2 is 1.88 bits per heavy atom. The van der Waals surface area contributed by atoms with Crippen molar-refractivity contribution in [2.24, 2.45) is 5.92 Å². The summed E-state index contributed by atoms with van der Waals surface area (Å²) in [5, 5.41) is 0. The number of nitrogens with one attached hydrogen (secondary N) is 1. The molecule has 0 atom stereocenters. The number of aromatic amines is 1. The van der Waals surface area contributed by atoms with E-state index in [1.807, 2.05) is 30.3 Å². The van der Waals surface area contributed by atoms with E-state index >= 15 is 0 Å². The Morgan fingerprint density at radius 3 is 2.56 bits per heavy atom. The van der Waals surface area contributed by atoms with Crippen LogP contribution in [0.4, 0.5) is 14.6 Å². The van der Waals surface area contributed by atoms with Crippen molar-refractivity contribution in [3.8, 4) is 11.6 Å². The van der Waals surface area contributed by atoms with Crippen molar-refractivity contribution in [2.75, 3.05) is 5.73 Å². The minimum Gasteiger partial charge on any atom is -0.439 e. The molecule has 8 nitrogen and oxygen atoms in total. The molecule has 0 saturated heterocycles. The van der Waals surface area contributed by atoms with Crippen LogP contribution in [-0.2, 0) is 13.0 Å². The van der Waals surface area contributed by atoms with Crippen molar-refractivity contribution < 1.29 is 13.5 Å². The third-order valence-corrected chi connectivity index (χ3v) is 6.06. The van der Waals surface area contributed by atoms with Gasteiger partial charge in [-0.25, -0.2) is 28.5 Å². The van der Waals surface area contributed by atoms with Gasteiger partial charge in [0.2, 0.25) is 11.8 Å². The molecule has 176 valence electrons. The van der Waals surface area contributed by atoms with Crippen molar-refractivity contribution in [3.05, 3.63) is 70.0 Å². The van der Waals surface area contributed by atoms with Gasteiger partial charge in [-0.1, -0.05) is 18.2 Å². The highest BCUT2D eigenvalue weighted by molar-refractivity contribution is 5.81. The van der Waals surface area contributed by atoms with Gasteiger partial charge in [0.25, 0.3) is 0 Å². The lowest BCUT2D eigenvalue weighted by Crippen LogP contribution is -2.35. The van der Waals surface area contributed by atoms with Crippen LogP contribution in [-0.4, -0.2) is 30.4 Å². The van der Waals surface area contributed by atoms with E-state index in [1.165, 1.54) is 4.57 Å². The third kappa shape index (κ3) is 4.61. The summed E-state index contributed by atoms with van der Waals surface area (Å²) in [6.07, 6.45) is 3.20. The highest BCUT2D eigenvalue weighted by atomic mass is 19.3. The number of H-pyrrole nitrogens is 1. The Hall–Kier alpha value is -3.82. The van der Waals surface area contributed by atoms with Gasteiger partial charge in [-0.2, -0.15) is 0 Å². The lowest BCUT2D eigenvalue weighted by molar-refractivity contribution is -0.111. The van der Waals surface area contributed by atoms with Crippen LogP contribution in [0.3, 0.4) is 0 Å². The van der Waals surface area contributed by atoms with Crippen LogP contribution in [0.25, 0.3) is 11.2 Å². The third-order valence-electron chi connectivity index (χ3n) is 6.06. The molecule has 1 saturated carbocycles. The molecule has 0 radical (unpaired) electrons. The van der Waals surface area contributed by atoms with Gasteiger partial charge in [0.1, 0.15) is 17.1 Å². The summed E-state index contributed by atoms with van der Waals surface area (Å²) in [5.74, 6) is -0.581. The largest absolute Gasteiger partial charge is 0.439 e. The van der Waals surface area contributed by atoms with Crippen LogP contribution >= 0.6 is 0 Å². The zero-order valence-corrected chi connectivity index (χ0v) is 18.6. The van der Waals surface area contributed by atoms with Gasteiger partial charge in [0, 0.05) is 25.1 Å². The fourth-order valence-electron chi connectivity index (χ4n) is 4.26. The van der Waals surface area contributed by atoms with E-state index in [1.54, 1.807) is 19.2 Å². The van der Waals surface area contributed by atoms with E-state index in [2.05, 4.69) is 19.9 Å². The molecular formula is C24H24F2N6O2. The fraction of sp³-hybridized carbons (Fsp3) is 0.333. The van der Waals surface area contributed by atoms with Crippen molar-refractivity contribution in [1.82, 2.24) is 24.5 Å². The minimum atomic E-state index is -2.46. The zero-order chi connectivity index (χ0) is 23.9. The number of pyridine rings is 1. The quantitative estimate of drug-likeness (QED) is 0.422. The van der Waals surface area contributed by atoms with E-state index in [0.29, 0.717) is 28.6 Å². The van der Waals surface area contributed by atoms with Crippen LogP contribution in [0.1, 0.15) is 36.2 Å². The lowest BCUT2D eigenvalue weighted by Gasteiger charge is -2.34. The number of nitrogens with two attached hydrogens (primary N) is 1. The number of benzene rings is 1. The van der Waals surface area contributed by atoms with Crippen LogP contribution in [0.2, 0.25) is 0 Å². The van der Waals surface area contributed by atoms with Gasteiger partial charge in [0.05, 0.1) is 6.54 Å². The Kier molecular flexibility index (Phi) is 5.51. The van der Waals surface area contributed by atoms with Crippen LogP contribution in [0.5, 0.6) is 11.6 Å². The normalized spacial score (nSPS) is 15.4. The first kappa shape index (κ1) is 22.0. The summed E-state index contributed by atoms with van der Waals surface area (Å²) in [4.78, 5) is 27.8. The number of hydrogen-bond donors (Lipinski definition) is 2. The van der Waals surface area contributed by atoms with E-state index in [0.717, 1.165) is 24.0 Å². The molecule has 10 heteroatoms. The molecule has 3 aromatic heterocycles. The lowest BCUT2D eigenvalue weighted by atomic mass is 9.78. The minimum absolute atomic E-state index is 0.00617. The second-order valence-corrected chi connectivity index (χ2v) is 8.79. The van der Waals surface area contributed by atoms with Gasteiger partial charge in [-0.3, -0.25) is 4.57 Å². The maximum Gasteiger partial charge on any atom is 0.328 e. The number of ether oxygens (including phenoxy) is 1. The second-order valence-electron chi connectivity index (χ2n) is 8.79. The summed E-state index contributed by atoms with van der Waals surface area (Å²) in [6.45, 7) is 1.98. The number of hydrogen-bond acceptors (Lipinski definition) is 6. The molecule has 0 unspecified atom stereocenters. The van der Waals surface area contributed by atoms with E-state index in [-0.39, 0.29) is 36.8 Å². The number of anilines is 1. The molecule has 5 rings (SSSR count). The molecular weight excluding hydrogens is 442 g/mol. The van der Waals surface area contributed by atoms with Crippen molar-refractivity contribution in [3.63, 3.8) is 0 Å². The molecule has 1 aliphatic rings. The number of alkyl halides is 2. The zero-order valence-electron chi connectivity index (χ0n) is 18.6. The van der Waals surface area contributed by atoms with E-state index in [9.17, 15) is 13.6 Å². The summed E-state index contributed by atoms with van der Waals surface area (Å²) in [5.41, 5.74) is 8.31. The second kappa shape index (κ2) is 8.51.